The van der Waals surface area contributed by atoms with Crippen LogP contribution in [0.1, 0.15) is 19.3 Å². The van der Waals surface area contributed by atoms with Gasteiger partial charge in [-0.25, -0.2) is 0 Å². The van der Waals surface area contributed by atoms with Crippen molar-refractivity contribution in [2.24, 2.45) is 0 Å². The molecule has 0 amide bonds. The summed E-state index contributed by atoms with van der Waals surface area (Å²) in [5.41, 5.74) is 0. The van der Waals surface area contributed by atoms with Crippen molar-refractivity contribution < 1.29 is 9.90 Å². The molecule has 0 spiro atoms. The fourth-order valence-electron chi connectivity index (χ4n) is 1.04. The van der Waals surface area contributed by atoms with E-state index in [1.165, 1.54) is 0 Å². The standard InChI is InChI=1S/C8H18N2O2/c1-9-6-4-3-5-7(10-2)8(11)12/h7,9-10H,3-6H2,1-2H3,(H,11,12)/t7-/m1/s1. The number of carboxylic acid groups (broad SMARTS) is 1. The van der Waals surface area contributed by atoms with Gasteiger partial charge in [0.05, 0.1) is 0 Å². The van der Waals surface area contributed by atoms with E-state index in [9.17, 15) is 4.79 Å². The van der Waals surface area contributed by atoms with E-state index in [-0.39, 0.29) is 6.04 Å². The van der Waals surface area contributed by atoms with E-state index in [4.69, 9.17) is 5.11 Å². The number of aliphatic carboxylic acids is 1. The van der Waals surface area contributed by atoms with Gasteiger partial charge >= 0.3 is 5.97 Å². The highest BCUT2D eigenvalue weighted by Gasteiger charge is 2.12. The third kappa shape index (κ3) is 5.09. The van der Waals surface area contributed by atoms with Crippen LogP contribution in [0.2, 0.25) is 0 Å². The average molecular weight is 174 g/mol. The van der Waals surface area contributed by atoms with E-state index < -0.39 is 5.97 Å². The first-order valence-corrected chi connectivity index (χ1v) is 4.27. The Morgan fingerprint density at radius 2 is 2.08 bits per heavy atom. The van der Waals surface area contributed by atoms with Gasteiger partial charge in [0.15, 0.2) is 0 Å². The Morgan fingerprint density at radius 3 is 2.50 bits per heavy atom. The van der Waals surface area contributed by atoms with Gasteiger partial charge in [-0.15, -0.1) is 0 Å². The molecule has 72 valence electrons. The molecule has 0 fully saturated rings. The molecule has 0 radical (unpaired) electrons. The second kappa shape index (κ2) is 7.06. The van der Waals surface area contributed by atoms with Crippen LogP contribution in [0.25, 0.3) is 0 Å². The summed E-state index contributed by atoms with van der Waals surface area (Å²) in [5, 5.41) is 14.4. The van der Waals surface area contributed by atoms with Crippen molar-refractivity contribution in [1.82, 2.24) is 10.6 Å². The zero-order chi connectivity index (χ0) is 9.40. The zero-order valence-electron chi connectivity index (χ0n) is 7.76. The topological polar surface area (TPSA) is 61.4 Å². The van der Waals surface area contributed by atoms with E-state index in [0.29, 0.717) is 6.42 Å². The van der Waals surface area contributed by atoms with Crippen LogP contribution >= 0.6 is 0 Å². The Bertz CT molecular complexity index is 128. The highest BCUT2D eigenvalue weighted by molar-refractivity contribution is 5.73. The largest absolute Gasteiger partial charge is 0.480 e. The van der Waals surface area contributed by atoms with Crippen LogP contribution in [0.3, 0.4) is 0 Å². The summed E-state index contributed by atoms with van der Waals surface area (Å²) in [4.78, 5) is 10.5. The molecule has 0 aromatic rings. The highest BCUT2D eigenvalue weighted by atomic mass is 16.4. The molecular formula is C8H18N2O2. The molecule has 4 heteroatoms. The van der Waals surface area contributed by atoms with Crippen LogP contribution in [-0.4, -0.2) is 37.8 Å². The number of carboxylic acids is 1. The van der Waals surface area contributed by atoms with Crippen molar-refractivity contribution in [3.63, 3.8) is 0 Å². The molecule has 0 bridgehead atoms. The van der Waals surface area contributed by atoms with Crippen molar-refractivity contribution in [2.45, 2.75) is 25.3 Å². The fourth-order valence-corrected chi connectivity index (χ4v) is 1.04. The highest BCUT2D eigenvalue weighted by Crippen LogP contribution is 1.99. The summed E-state index contributed by atoms with van der Waals surface area (Å²) < 4.78 is 0. The monoisotopic (exact) mass is 174 g/mol. The van der Waals surface area contributed by atoms with Crippen molar-refractivity contribution in [2.75, 3.05) is 20.6 Å². The van der Waals surface area contributed by atoms with Gasteiger partial charge in [0, 0.05) is 0 Å². The van der Waals surface area contributed by atoms with Crippen molar-refractivity contribution in [3.05, 3.63) is 0 Å². The minimum absolute atomic E-state index is 0.387. The van der Waals surface area contributed by atoms with Gasteiger partial charge in [-0.2, -0.15) is 0 Å². The van der Waals surface area contributed by atoms with Gasteiger partial charge in [-0.3, -0.25) is 4.79 Å². The first-order chi connectivity index (χ1) is 5.72. The number of hydrogen-bond acceptors (Lipinski definition) is 3. The normalized spacial score (nSPS) is 12.8. The first kappa shape index (κ1) is 11.4. The van der Waals surface area contributed by atoms with Crippen LogP contribution in [0.5, 0.6) is 0 Å². The summed E-state index contributed by atoms with van der Waals surface area (Å²) in [6, 6.07) is -0.387. The van der Waals surface area contributed by atoms with Crippen molar-refractivity contribution in [3.8, 4) is 0 Å². The molecule has 0 saturated carbocycles. The number of hydrogen-bond donors (Lipinski definition) is 3. The molecule has 0 saturated heterocycles. The van der Waals surface area contributed by atoms with Gasteiger partial charge in [0.25, 0.3) is 0 Å². The first-order valence-electron chi connectivity index (χ1n) is 4.27. The number of rotatable bonds is 7. The Hall–Kier alpha value is -0.610. The molecule has 0 aliphatic heterocycles. The lowest BCUT2D eigenvalue weighted by atomic mass is 10.1. The molecule has 0 heterocycles. The minimum Gasteiger partial charge on any atom is -0.480 e. The summed E-state index contributed by atoms with van der Waals surface area (Å²) in [6.07, 6.45) is 2.67. The second-order valence-corrected chi connectivity index (χ2v) is 2.78. The van der Waals surface area contributed by atoms with E-state index in [1.54, 1.807) is 7.05 Å². The smallest absolute Gasteiger partial charge is 0.320 e. The van der Waals surface area contributed by atoms with Gasteiger partial charge < -0.3 is 15.7 Å². The second-order valence-electron chi connectivity index (χ2n) is 2.78. The van der Waals surface area contributed by atoms with Gasteiger partial charge in [-0.1, -0.05) is 6.42 Å². The summed E-state index contributed by atoms with van der Waals surface area (Å²) in [5.74, 6) is -0.762. The Labute approximate surface area is 73.3 Å². The molecule has 0 aromatic heterocycles. The van der Waals surface area contributed by atoms with Gasteiger partial charge in [0.1, 0.15) is 6.04 Å². The molecule has 3 N–H and O–H groups in total. The maximum atomic E-state index is 10.5. The molecular weight excluding hydrogens is 156 g/mol. The number of unbranched alkanes of at least 4 members (excludes halogenated alkanes) is 1. The lowest BCUT2D eigenvalue weighted by molar-refractivity contribution is -0.139. The Balaban J connectivity index is 3.38. The molecule has 1 atom stereocenters. The number of nitrogens with one attached hydrogen (secondary N) is 2. The van der Waals surface area contributed by atoms with Crippen LogP contribution in [0.4, 0.5) is 0 Å². The lowest BCUT2D eigenvalue weighted by Crippen LogP contribution is -2.33. The third-order valence-corrected chi connectivity index (χ3v) is 1.82. The average Bonchev–Trinajstić information content (AvgIpc) is 2.04. The zero-order valence-corrected chi connectivity index (χ0v) is 7.76. The van der Waals surface area contributed by atoms with E-state index in [1.807, 2.05) is 7.05 Å². The summed E-state index contributed by atoms with van der Waals surface area (Å²) in [6.45, 7) is 0.954. The number of likely N-dealkylation sites (N-methyl/N-ethyl adjacent to an activating group) is 1. The van der Waals surface area contributed by atoms with E-state index >= 15 is 0 Å². The predicted molar refractivity (Wildman–Crippen MR) is 48.3 cm³/mol. The van der Waals surface area contributed by atoms with Crippen LogP contribution < -0.4 is 10.6 Å². The summed E-state index contributed by atoms with van der Waals surface area (Å²) >= 11 is 0. The summed E-state index contributed by atoms with van der Waals surface area (Å²) in [7, 11) is 3.57. The molecule has 0 unspecified atom stereocenters. The van der Waals surface area contributed by atoms with Gasteiger partial charge in [-0.05, 0) is 33.5 Å². The molecule has 0 rings (SSSR count). The van der Waals surface area contributed by atoms with Crippen LogP contribution in [-0.2, 0) is 4.79 Å². The van der Waals surface area contributed by atoms with Crippen molar-refractivity contribution in [1.29, 1.82) is 0 Å². The number of carbonyl (C=O) groups is 1. The maximum Gasteiger partial charge on any atom is 0.320 e. The quantitative estimate of drug-likeness (QED) is 0.477. The predicted octanol–water partition coefficient (Wildman–Crippen LogP) is 0.0487. The maximum absolute atomic E-state index is 10.5. The van der Waals surface area contributed by atoms with E-state index in [2.05, 4.69) is 10.6 Å². The van der Waals surface area contributed by atoms with E-state index in [0.717, 1.165) is 19.4 Å². The lowest BCUT2D eigenvalue weighted by Gasteiger charge is -2.09. The molecule has 0 aliphatic carbocycles. The molecule has 4 nitrogen and oxygen atoms in total. The molecule has 0 aliphatic rings. The van der Waals surface area contributed by atoms with Crippen LogP contribution in [0, 0.1) is 0 Å². The SMILES string of the molecule is CNCCCC[C@@H](NC)C(=O)O. The third-order valence-electron chi connectivity index (χ3n) is 1.82. The Morgan fingerprint density at radius 1 is 1.42 bits per heavy atom. The van der Waals surface area contributed by atoms with Crippen LogP contribution in [0.15, 0.2) is 0 Å². The molecule has 12 heavy (non-hydrogen) atoms. The fraction of sp³-hybridized carbons (Fsp3) is 0.875. The van der Waals surface area contributed by atoms with Crippen molar-refractivity contribution >= 4 is 5.97 Å². The minimum atomic E-state index is -0.762. The Kier molecular flexibility index (Phi) is 6.70. The van der Waals surface area contributed by atoms with Gasteiger partial charge in [0.2, 0.25) is 0 Å². The molecule has 0 aromatic carbocycles.